The predicted molar refractivity (Wildman–Crippen MR) is 77.5 cm³/mol. The Kier molecular flexibility index (Phi) is 5.81. The van der Waals surface area contributed by atoms with Crippen LogP contribution in [0.5, 0.6) is 0 Å². The van der Waals surface area contributed by atoms with Crippen molar-refractivity contribution in [2.75, 3.05) is 40.0 Å². The predicted octanol–water partition coefficient (Wildman–Crippen LogP) is 0.884. The molecule has 2 aliphatic rings. The number of amides is 1. The zero-order valence-electron chi connectivity index (χ0n) is 12.9. The maximum Gasteiger partial charge on any atom is 0.229 e. The van der Waals surface area contributed by atoms with Gasteiger partial charge in [0.2, 0.25) is 5.91 Å². The fourth-order valence-corrected chi connectivity index (χ4v) is 3.10. The van der Waals surface area contributed by atoms with E-state index in [9.17, 15) is 4.79 Å². The lowest BCUT2D eigenvalue weighted by Crippen LogP contribution is -2.52. The van der Waals surface area contributed by atoms with E-state index >= 15 is 0 Å². The van der Waals surface area contributed by atoms with Crippen LogP contribution in [-0.4, -0.2) is 62.9 Å². The first-order chi connectivity index (χ1) is 9.67. The van der Waals surface area contributed by atoms with Crippen LogP contribution in [0, 0.1) is 11.8 Å². The SMILES string of the molecule is CCCNC1COCC1C(=O)N1CCC(C)C(OC)C1. The van der Waals surface area contributed by atoms with Crippen molar-refractivity contribution in [3.63, 3.8) is 0 Å². The van der Waals surface area contributed by atoms with Crippen molar-refractivity contribution >= 4 is 5.91 Å². The van der Waals surface area contributed by atoms with Crippen molar-refractivity contribution in [2.45, 2.75) is 38.8 Å². The van der Waals surface area contributed by atoms with Gasteiger partial charge in [-0.1, -0.05) is 13.8 Å². The smallest absolute Gasteiger partial charge is 0.229 e. The third-order valence-electron chi connectivity index (χ3n) is 4.56. The van der Waals surface area contributed by atoms with Gasteiger partial charge in [-0.25, -0.2) is 0 Å². The third kappa shape index (κ3) is 3.51. The minimum atomic E-state index is -0.0348. The molecule has 1 amide bonds. The Morgan fingerprint density at radius 1 is 1.45 bits per heavy atom. The number of carbonyl (C=O) groups excluding carboxylic acids is 1. The second-order valence-electron chi connectivity index (χ2n) is 6.03. The summed E-state index contributed by atoms with van der Waals surface area (Å²) in [6.07, 6.45) is 2.26. The van der Waals surface area contributed by atoms with E-state index in [1.807, 2.05) is 4.90 Å². The van der Waals surface area contributed by atoms with Crippen LogP contribution in [0.15, 0.2) is 0 Å². The minimum Gasteiger partial charge on any atom is -0.379 e. The zero-order valence-corrected chi connectivity index (χ0v) is 12.9. The van der Waals surface area contributed by atoms with Crippen molar-refractivity contribution in [3.05, 3.63) is 0 Å². The van der Waals surface area contributed by atoms with Gasteiger partial charge in [-0.2, -0.15) is 0 Å². The lowest BCUT2D eigenvalue weighted by atomic mass is 9.93. The molecule has 0 aromatic rings. The number of hydrogen-bond donors (Lipinski definition) is 1. The van der Waals surface area contributed by atoms with Gasteiger partial charge in [0.25, 0.3) is 0 Å². The van der Waals surface area contributed by atoms with E-state index in [2.05, 4.69) is 19.2 Å². The van der Waals surface area contributed by atoms with Crippen LogP contribution in [-0.2, 0) is 14.3 Å². The highest BCUT2D eigenvalue weighted by atomic mass is 16.5. The summed E-state index contributed by atoms with van der Waals surface area (Å²) < 4.78 is 11.0. The fourth-order valence-electron chi connectivity index (χ4n) is 3.10. The lowest BCUT2D eigenvalue weighted by Gasteiger charge is -2.38. The van der Waals surface area contributed by atoms with Crippen molar-refractivity contribution in [2.24, 2.45) is 11.8 Å². The Hall–Kier alpha value is -0.650. The molecular weight excluding hydrogens is 256 g/mol. The zero-order chi connectivity index (χ0) is 14.5. The van der Waals surface area contributed by atoms with Gasteiger partial charge < -0.3 is 19.7 Å². The van der Waals surface area contributed by atoms with E-state index < -0.39 is 0 Å². The van der Waals surface area contributed by atoms with Crippen LogP contribution in [0.3, 0.4) is 0 Å². The van der Waals surface area contributed by atoms with Crippen LogP contribution < -0.4 is 5.32 Å². The van der Waals surface area contributed by atoms with Crippen molar-refractivity contribution in [1.29, 1.82) is 0 Å². The molecule has 0 saturated carbocycles. The molecule has 0 radical (unpaired) electrons. The van der Waals surface area contributed by atoms with Gasteiger partial charge in [-0.05, 0) is 25.3 Å². The monoisotopic (exact) mass is 284 g/mol. The molecule has 0 spiro atoms. The number of nitrogens with zero attached hydrogens (tertiary/aromatic N) is 1. The molecule has 5 heteroatoms. The number of ether oxygens (including phenoxy) is 2. The Bertz CT molecular complexity index is 324. The Morgan fingerprint density at radius 2 is 2.25 bits per heavy atom. The van der Waals surface area contributed by atoms with Crippen LogP contribution >= 0.6 is 0 Å². The van der Waals surface area contributed by atoms with Crippen molar-refractivity contribution in [3.8, 4) is 0 Å². The summed E-state index contributed by atoms with van der Waals surface area (Å²) in [4.78, 5) is 14.7. The summed E-state index contributed by atoms with van der Waals surface area (Å²) in [5.74, 6) is 0.718. The van der Waals surface area contributed by atoms with Gasteiger partial charge in [0.05, 0.1) is 25.2 Å². The molecule has 116 valence electrons. The molecule has 20 heavy (non-hydrogen) atoms. The molecule has 4 atom stereocenters. The van der Waals surface area contributed by atoms with E-state index in [4.69, 9.17) is 9.47 Å². The normalized spacial score (nSPS) is 34.5. The molecule has 2 saturated heterocycles. The summed E-state index contributed by atoms with van der Waals surface area (Å²) in [6.45, 7) is 8.02. The molecule has 4 unspecified atom stereocenters. The minimum absolute atomic E-state index is 0.0348. The van der Waals surface area contributed by atoms with Crippen LogP contribution in [0.4, 0.5) is 0 Å². The Labute approximate surface area is 122 Å². The molecule has 0 aliphatic carbocycles. The summed E-state index contributed by atoms with van der Waals surface area (Å²) in [5.41, 5.74) is 0. The third-order valence-corrected chi connectivity index (χ3v) is 4.56. The standard InChI is InChI=1S/C15H28N2O3/c1-4-6-16-13-10-20-9-12(13)15(18)17-7-5-11(2)14(8-17)19-3/h11-14,16H,4-10H2,1-3H3. The van der Waals surface area contributed by atoms with Crippen molar-refractivity contribution in [1.82, 2.24) is 10.2 Å². The molecule has 5 nitrogen and oxygen atoms in total. The topological polar surface area (TPSA) is 50.8 Å². The number of methoxy groups -OCH3 is 1. The fraction of sp³-hybridized carbons (Fsp3) is 0.933. The Balaban J connectivity index is 1.92. The first-order valence-electron chi connectivity index (χ1n) is 7.80. The molecule has 1 N–H and O–H groups in total. The molecule has 0 aromatic carbocycles. The van der Waals surface area contributed by atoms with Crippen LogP contribution in [0.2, 0.25) is 0 Å². The van der Waals surface area contributed by atoms with Gasteiger partial charge in [-0.15, -0.1) is 0 Å². The van der Waals surface area contributed by atoms with Gasteiger partial charge in [0, 0.05) is 26.2 Å². The van der Waals surface area contributed by atoms with Crippen molar-refractivity contribution < 1.29 is 14.3 Å². The molecule has 0 aromatic heterocycles. The van der Waals surface area contributed by atoms with E-state index in [1.165, 1.54) is 0 Å². The number of rotatable bonds is 5. The highest BCUT2D eigenvalue weighted by Gasteiger charge is 2.38. The average molecular weight is 284 g/mol. The van der Waals surface area contributed by atoms with E-state index in [0.717, 1.165) is 25.9 Å². The Morgan fingerprint density at radius 3 is 2.95 bits per heavy atom. The first-order valence-corrected chi connectivity index (χ1v) is 7.80. The van der Waals surface area contributed by atoms with Gasteiger partial charge in [-0.3, -0.25) is 4.79 Å². The lowest BCUT2D eigenvalue weighted by molar-refractivity contribution is -0.141. The van der Waals surface area contributed by atoms with E-state index in [1.54, 1.807) is 7.11 Å². The van der Waals surface area contributed by atoms with Gasteiger partial charge >= 0.3 is 0 Å². The van der Waals surface area contributed by atoms with E-state index in [-0.39, 0.29) is 24.0 Å². The highest BCUT2D eigenvalue weighted by molar-refractivity contribution is 5.80. The van der Waals surface area contributed by atoms with E-state index in [0.29, 0.717) is 25.7 Å². The summed E-state index contributed by atoms with van der Waals surface area (Å²) >= 11 is 0. The maximum absolute atomic E-state index is 12.7. The number of nitrogens with one attached hydrogen (secondary N) is 1. The summed E-state index contributed by atoms with van der Waals surface area (Å²) in [7, 11) is 1.74. The molecule has 2 aliphatic heterocycles. The molecule has 2 heterocycles. The average Bonchev–Trinajstić information content (AvgIpc) is 2.93. The van der Waals surface area contributed by atoms with Crippen LogP contribution in [0.25, 0.3) is 0 Å². The number of likely N-dealkylation sites (tertiary alicyclic amines) is 1. The molecule has 2 fully saturated rings. The van der Waals surface area contributed by atoms with Crippen LogP contribution in [0.1, 0.15) is 26.7 Å². The molecule has 0 bridgehead atoms. The highest BCUT2D eigenvalue weighted by Crippen LogP contribution is 2.23. The second-order valence-corrected chi connectivity index (χ2v) is 6.03. The quantitative estimate of drug-likeness (QED) is 0.814. The summed E-state index contributed by atoms with van der Waals surface area (Å²) in [5, 5.41) is 3.43. The summed E-state index contributed by atoms with van der Waals surface area (Å²) in [6, 6.07) is 0.169. The van der Waals surface area contributed by atoms with Gasteiger partial charge in [0.15, 0.2) is 0 Å². The molecular formula is C15H28N2O3. The number of piperidine rings is 1. The van der Waals surface area contributed by atoms with Gasteiger partial charge in [0.1, 0.15) is 0 Å². The maximum atomic E-state index is 12.7. The molecule has 2 rings (SSSR count). The number of carbonyl (C=O) groups is 1. The largest absolute Gasteiger partial charge is 0.379 e. The number of hydrogen-bond acceptors (Lipinski definition) is 4. The first kappa shape index (κ1) is 15.7. The second kappa shape index (κ2) is 7.38.